The Morgan fingerprint density at radius 1 is 1.27 bits per heavy atom. The topological polar surface area (TPSA) is 136 Å². The van der Waals surface area contributed by atoms with Crippen LogP contribution in [0.2, 0.25) is 0 Å². The molecule has 2 rings (SSSR count). The molecule has 1 aromatic heterocycles. The van der Waals surface area contributed by atoms with Gasteiger partial charge in [-0.05, 0) is 17.7 Å². The van der Waals surface area contributed by atoms with Gasteiger partial charge in [-0.25, -0.2) is 22.5 Å². The van der Waals surface area contributed by atoms with Gasteiger partial charge in [-0.15, -0.1) is 0 Å². The molecule has 0 fully saturated rings. The molecule has 0 spiro atoms. The third-order valence-electron chi connectivity index (χ3n) is 3.51. The zero-order chi connectivity index (χ0) is 19.3. The summed E-state index contributed by atoms with van der Waals surface area (Å²) in [6, 6.07) is 7.91. The van der Waals surface area contributed by atoms with Gasteiger partial charge in [-0.1, -0.05) is 19.1 Å². The maximum absolute atomic E-state index is 11.9. The molecule has 0 unspecified atom stereocenters. The van der Waals surface area contributed by atoms with E-state index in [1.807, 2.05) is 6.92 Å². The van der Waals surface area contributed by atoms with Crippen LogP contribution in [0, 0.1) is 0 Å². The molecular formula is C16H20N4O5S. The number of aromatic nitrogens is 2. The molecule has 0 aliphatic heterocycles. The molecule has 0 saturated carbocycles. The van der Waals surface area contributed by atoms with Crippen LogP contribution >= 0.6 is 0 Å². The summed E-state index contributed by atoms with van der Waals surface area (Å²) in [5.74, 6) is 0.994. The van der Waals surface area contributed by atoms with Crippen LogP contribution in [0.15, 0.2) is 30.3 Å². The summed E-state index contributed by atoms with van der Waals surface area (Å²) < 4.78 is 29.9. The Hall–Kier alpha value is -2.72. The van der Waals surface area contributed by atoms with Crippen LogP contribution in [-0.2, 0) is 28.7 Å². The van der Waals surface area contributed by atoms with Crippen molar-refractivity contribution in [1.82, 2.24) is 14.3 Å². The first-order chi connectivity index (χ1) is 12.2. The van der Waals surface area contributed by atoms with Gasteiger partial charge in [0.1, 0.15) is 11.6 Å². The van der Waals surface area contributed by atoms with Gasteiger partial charge in [0.15, 0.2) is 0 Å². The van der Waals surface area contributed by atoms with Gasteiger partial charge in [0.2, 0.25) is 15.9 Å². The zero-order valence-electron chi connectivity index (χ0n) is 14.4. The second kappa shape index (κ2) is 8.11. The van der Waals surface area contributed by atoms with E-state index in [1.165, 1.54) is 0 Å². The molecule has 2 aromatic rings. The number of sulfonamides is 1. The second-order valence-corrected chi connectivity index (χ2v) is 7.42. The SMILES string of the molecule is CCc1nc(CN)cc(Oc2ccc(CS(=O)(=O)N(C)C(=O)O)cc2)n1. The molecule has 1 aromatic carbocycles. The summed E-state index contributed by atoms with van der Waals surface area (Å²) in [5, 5.41) is 8.80. The molecule has 140 valence electrons. The van der Waals surface area contributed by atoms with Crippen LogP contribution in [-0.4, -0.2) is 40.9 Å². The normalized spacial score (nSPS) is 11.2. The van der Waals surface area contributed by atoms with Gasteiger partial charge < -0.3 is 15.6 Å². The summed E-state index contributed by atoms with van der Waals surface area (Å²) >= 11 is 0. The summed E-state index contributed by atoms with van der Waals surface area (Å²) in [6.45, 7) is 2.18. The molecule has 0 radical (unpaired) electrons. The fourth-order valence-corrected chi connectivity index (χ4v) is 3.09. The van der Waals surface area contributed by atoms with Gasteiger partial charge in [0.25, 0.3) is 0 Å². The maximum atomic E-state index is 11.9. The van der Waals surface area contributed by atoms with Gasteiger partial charge in [-0.2, -0.15) is 4.98 Å². The van der Waals surface area contributed by atoms with E-state index in [9.17, 15) is 13.2 Å². The molecule has 3 N–H and O–H groups in total. The molecule has 0 aliphatic rings. The number of carboxylic acid groups (broad SMARTS) is 1. The first kappa shape index (κ1) is 19.6. The fourth-order valence-electron chi connectivity index (χ4n) is 2.04. The lowest BCUT2D eigenvalue weighted by molar-refractivity contribution is 0.178. The first-order valence-electron chi connectivity index (χ1n) is 7.78. The van der Waals surface area contributed by atoms with E-state index in [4.69, 9.17) is 15.6 Å². The Morgan fingerprint density at radius 3 is 2.46 bits per heavy atom. The molecule has 0 bridgehead atoms. The monoisotopic (exact) mass is 380 g/mol. The highest BCUT2D eigenvalue weighted by Crippen LogP contribution is 2.22. The Kier molecular flexibility index (Phi) is 6.11. The Bertz CT molecular complexity index is 862. The highest BCUT2D eigenvalue weighted by Gasteiger charge is 2.22. The molecule has 1 amide bonds. The van der Waals surface area contributed by atoms with Crippen molar-refractivity contribution in [3.63, 3.8) is 0 Å². The number of aryl methyl sites for hydroxylation is 1. The number of amides is 1. The van der Waals surface area contributed by atoms with E-state index in [0.29, 0.717) is 39.4 Å². The smallest absolute Gasteiger partial charge is 0.420 e. The molecule has 9 nitrogen and oxygen atoms in total. The van der Waals surface area contributed by atoms with Crippen molar-refractivity contribution in [2.75, 3.05) is 7.05 Å². The van der Waals surface area contributed by atoms with E-state index < -0.39 is 21.9 Å². The molecule has 10 heteroatoms. The van der Waals surface area contributed by atoms with Crippen LogP contribution < -0.4 is 10.5 Å². The minimum Gasteiger partial charge on any atom is -0.464 e. The van der Waals surface area contributed by atoms with E-state index in [-0.39, 0.29) is 6.54 Å². The lowest BCUT2D eigenvalue weighted by Gasteiger charge is -2.14. The van der Waals surface area contributed by atoms with E-state index >= 15 is 0 Å². The van der Waals surface area contributed by atoms with Crippen molar-refractivity contribution in [2.45, 2.75) is 25.6 Å². The van der Waals surface area contributed by atoms with Gasteiger partial charge in [0.05, 0.1) is 11.4 Å². The summed E-state index contributed by atoms with van der Waals surface area (Å²) in [4.78, 5) is 19.3. The minimum atomic E-state index is -3.94. The van der Waals surface area contributed by atoms with Gasteiger partial charge >= 0.3 is 6.09 Å². The lowest BCUT2D eigenvalue weighted by Crippen LogP contribution is -2.32. The molecule has 1 heterocycles. The number of nitrogens with two attached hydrogens (primary N) is 1. The molecule has 0 aliphatic carbocycles. The zero-order valence-corrected chi connectivity index (χ0v) is 15.2. The maximum Gasteiger partial charge on any atom is 0.420 e. The average molecular weight is 380 g/mol. The van der Waals surface area contributed by atoms with Crippen molar-refractivity contribution in [1.29, 1.82) is 0 Å². The van der Waals surface area contributed by atoms with E-state index in [2.05, 4.69) is 9.97 Å². The molecular weight excluding hydrogens is 360 g/mol. The van der Waals surface area contributed by atoms with E-state index in [0.717, 1.165) is 7.05 Å². The Morgan fingerprint density at radius 2 is 1.92 bits per heavy atom. The Labute approximate surface area is 151 Å². The van der Waals surface area contributed by atoms with E-state index in [1.54, 1.807) is 30.3 Å². The van der Waals surface area contributed by atoms with Crippen LogP contribution in [0.25, 0.3) is 0 Å². The van der Waals surface area contributed by atoms with Crippen LogP contribution in [0.4, 0.5) is 4.79 Å². The standard InChI is InChI=1S/C16H20N4O5S/c1-3-14-18-12(9-17)8-15(19-14)25-13-6-4-11(5-7-13)10-26(23,24)20(2)16(21)22/h4-8H,3,9-10,17H2,1-2H3,(H,21,22). The summed E-state index contributed by atoms with van der Waals surface area (Å²) in [7, 11) is -2.95. The first-order valence-corrected chi connectivity index (χ1v) is 9.39. The number of ether oxygens (including phenoxy) is 1. The van der Waals surface area contributed by atoms with Gasteiger partial charge in [-0.3, -0.25) is 0 Å². The van der Waals surface area contributed by atoms with Crippen molar-refractivity contribution >= 4 is 16.1 Å². The molecule has 26 heavy (non-hydrogen) atoms. The van der Waals surface area contributed by atoms with Gasteiger partial charge in [0, 0.05) is 26.1 Å². The predicted octanol–water partition coefficient (Wildman–Crippen LogP) is 1.73. The number of nitrogens with zero attached hydrogens (tertiary/aromatic N) is 3. The van der Waals surface area contributed by atoms with Crippen molar-refractivity contribution in [2.24, 2.45) is 5.73 Å². The van der Waals surface area contributed by atoms with Crippen molar-refractivity contribution in [3.05, 3.63) is 47.4 Å². The third kappa shape index (κ3) is 4.90. The quantitative estimate of drug-likeness (QED) is 0.741. The molecule has 0 saturated heterocycles. The van der Waals surface area contributed by atoms with Crippen LogP contribution in [0.5, 0.6) is 11.6 Å². The highest BCUT2D eigenvalue weighted by molar-refractivity contribution is 7.88. The summed E-state index contributed by atoms with van der Waals surface area (Å²) in [5.41, 5.74) is 6.71. The van der Waals surface area contributed by atoms with Crippen LogP contribution in [0.3, 0.4) is 0 Å². The third-order valence-corrected chi connectivity index (χ3v) is 5.20. The lowest BCUT2D eigenvalue weighted by atomic mass is 10.2. The average Bonchev–Trinajstić information content (AvgIpc) is 2.61. The number of hydrogen-bond donors (Lipinski definition) is 2. The fraction of sp³-hybridized carbons (Fsp3) is 0.312. The largest absolute Gasteiger partial charge is 0.464 e. The Balaban J connectivity index is 2.14. The highest BCUT2D eigenvalue weighted by atomic mass is 32.2. The second-order valence-electron chi connectivity index (χ2n) is 5.42. The number of benzene rings is 1. The number of hydrogen-bond acceptors (Lipinski definition) is 7. The molecule has 0 atom stereocenters. The predicted molar refractivity (Wildman–Crippen MR) is 94.2 cm³/mol. The van der Waals surface area contributed by atoms with Crippen molar-refractivity contribution in [3.8, 4) is 11.6 Å². The summed E-state index contributed by atoms with van der Waals surface area (Å²) in [6.07, 6.45) is -0.894. The minimum absolute atomic E-state index is 0.264. The van der Waals surface area contributed by atoms with Crippen molar-refractivity contribution < 1.29 is 23.1 Å². The van der Waals surface area contributed by atoms with Crippen LogP contribution in [0.1, 0.15) is 24.0 Å². The number of carbonyl (C=O) groups is 1. The number of rotatable bonds is 7.